The number of benzene rings is 1. The molecule has 4 nitrogen and oxygen atoms in total. The summed E-state index contributed by atoms with van der Waals surface area (Å²) in [6, 6.07) is 5.24. The SMILES string of the molecule is CC1(C)CC(=O)C2=C(C1)NC1N=NC=C1[C@@]21CCc2c(F)cccc21. The normalized spacial score (nSPS) is 31.6. The number of ketones is 1. The maximum atomic E-state index is 14.4. The Balaban J connectivity index is 1.81. The van der Waals surface area contributed by atoms with Crippen molar-refractivity contribution in [3.63, 3.8) is 0 Å². The van der Waals surface area contributed by atoms with Crippen molar-refractivity contribution in [2.24, 2.45) is 15.6 Å². The lowest BCUT2D eigenvalue weighted by atomic mass is 9.60. The van der Waals surface area contributed by atoms with E-state index in [2.05, 4.69) is 29.4 Å². The third-order valence-electron chi connectivity index (χ3n) is 6.11. The van der Waals surface area contributed by atoms with E-state index in [1.165, 1.54) is 6.07 Å². The molecule has 1 aromatic rings. The topological polar surface area (TPSA) is 53.8 Å². The number of hydrogen-bond acceptors (Lipinski definition) is 4. The van der Waals surface area contributed by atoms with Crippen molar-refractivity contribution in [1.82, 2.24) is 5.32 Å². The Hall–Kier alpha value is -2.30. The summed E-state index contributed by atoms with van der Waals surface area (Å²) in [4.78, 5) is 13.2. The lowest BCUT2D eigenvalue weighted by molar-refractivity contribution is -0.119. The van der Waals surface area contributed by atoms with Gasteiger partial charge in [0, 0.05) is 23.3 Å². The third kappa shape index (κ3) is 1.84. The van der Waals surface area contributed by atoms with E-state index in [1.54, 1.807) is 12.3 Å². The Morgan fingerprint density at radius 2 is 2.12 bits per heavy atom. The Morgan fingerprint density at radius 1 is 1.28 bits per heavy atom. The van der Waals surface area contributed by atoms with Crippen LogP contribution in [0.4, 0.5) is 4.39 Å². The van der Waals surface area contributed by atoms with Crippen LogP contribution in [-0.4, -0.2) is 11.9 Å². The van der Waals surface area contributed by atoms with Crippen LogP contribution in [0.3, 0.4) is 0 Å². The van der Waals surface area contributed by atoms with Gasteiger partial charge in [0.05, 0.1) is 11.6 Å². The van der Waals surface area contributed by atoms with Crippen molar-refractivity contribution in [1.29, 1.82) is 0 Å². The lowest BCUT2D eigenvalue weighted by Gasteiger charge is -2.46. The van der Waals surface area contributed by atoms with Crippen molar-refractivity contribution >= 4 is 5.78 Å². The van der Waals surface area contributed by atoms with Crippen LogP contribution in [0.2, 0.25) is 0 Å². The molecule has 2 atom stereocenters. The molecule has 128 valence electrons. The van der Waals surface area contributed by atoms with E-state index < -0.39 is 5.41 Å². The largest absolute Gasteiger partial charge is 0.362 e. The molecule has 25 heavy (non-hydrogen) atoms. The summed E-state index contributed by atoms with van der Waals surface area (Å²) in [7, 11) is 0. The third-order valence-corrected chi connectivity index (χ3v) is 6.11. The predicted molar refractivity (Wildman–Crippen MR) is 91.3 cm³/mol. The molecule has 0 aromatic heterocycles. The molecule has 1 aromatic carbocycles. The Labute approximate surface area is 145 Å². The Bertz CT molecular complexity index is 912. The first-order valence-electron chi connectivity index (χ1n) is 8.84. The smallest absolute Gasteiger partial charge is 0.164 e. The molecule has 2 heterocycles. The van der Waals surface area contributed by atoms with Crippen LogP contribution in [0.5, 0.6) is 0 Å². The molecular weight excluding hydrogens is 317 g/mol. The monoisotopic (exact) mass is 337 g/mol. The van der Waals surface area contributed by atoms with Crippen molar-refractivity contribution < 1.29 is 9.18 Å². The number of Topliss-reactive ketones (excluding diaryl/α,β-unsaturated/α-hetero) is 1. The second-order valence-corrected chi connectivity index (χ2v) is 8.33. The zero-order chi connectivity index (χ0) is 17.4. The van der Waals surface area contributed by atoms with Gasteiger partial charge in [0.15, 0.2) is 11.9 Å². The molecule has 1 spiro atoms. The number of carbonyl (C=O) groups excluding carboxylic acids is 1. The zero-order valence-corrected chi connectivity index (χ0v) is 14.4. The average Bonchev–Trinajstić information content (AvgIpc) is 3.13. The van der Waals surface area contributed by atoms with Gasteiger partial charge in [0.2, 0.25) is 0 Å². The molecule has 5 heteroatoms. The van der Waals surface area contributed by atoms with Gasteiger partial charge in [-0.1, -0.05) is 26.0 Å². The van der Waals surface area contributed by atoms with Gasteiger partial charge in [-0.25, -0.2) is 4.39 Å². The predicted octanol–water partition coefficient (Wildman–Crippen LogP) is 3.93. The fourth-order valence-electron chi connectivity index (χ4n) is 5.21. The van der Waals surface area contributed by atoms with E-state index in [-0.39, 0.29) is 23.2 Å². The summed E-state index contributed by atoms with van der Waals surface area (Å²) >= 11 is 0. The van der Waals surface area contributed by atoms with E-state index in [4.69, 9.17) is 0 Å². The molecule has 1 N–H and O–H groups in total. The van der Waals surface area contributed by atoms with Crippen molar-refractivity contribution in [3.05, 3.63) is 58.2 Å². The number of nitrogens with one attached hydrogen (secondary N) is 1. The minimum absolute atomic E-state index is 0.0789. The molecule has 4 aliphatic rings. The number of azo groups is 1. The first kappa shape index (κ1) is 15.0. The first-order chi connectivity index (χ1) is 11.9. The van der Waals surface area contributed by atoms with Gasteiger partial charge >= 0.3 is 0 Å². The number of carbonyl (C=O) groups is 1. The summed E-state index contributed by atoms with van der Waals surface area (Å²) in [5, 5.41) is 11.9. The fraction of sp³-hybridized carbons (Fsp3) is 0.450. The van der Waals surface area contributed by atoms with Crippen molar-refractivity contribution in [3.8, 4) is 0 Å². The molecule has 0 saturated carbocycles. The highest BCUT2D eigenvalue weighted by Gasteiger charge is 2.56. The molecule has 0 radical (unpaired) electrons. The molecule has 1 unspecified atom stereocenters. The molecule has 0 bridgehead atoms. The molecule has 2 aliphatic heterocycles. The Morgan fingerprint density at radius 3 is 2.96 bits per heavy atom. The van der Waals surface area contributed by atoms with Gasteiger partial charge in [-0.2, -0.15) is 10.2 Å². The molecule has 0 saturated heterocycles. The van der Waals surface area contributed by atoms with Gasteiger partial charge in [-0.3, -0.25) is 4.79 Å². The quantitative estimate of drug-likeness (QED) is 0.780. The summed E-state index contributed by atoms with van der Waals surface area (Å²) in [6.07, 6.45) is 4.21. The number of nitrogens with zero attached hydrogens (tertiary/aromatic N) is 2. The van der Waals surface area contributed by atoms with Gasteiger partial charge < -0.3 is 5.32 Å². The van der Waals surface area contributed by atoms with Crippen LogP contribution >= 0.6 is 0 Å². The van der Waals surface area contributed by atoms with Crippen molar-refractivity contribution in [2.45, 2.75) is 51.1 Å². The minimum atomic E-state index is -0.570. The second-order valence-electron chi connectivity index (χ2n) is 8.33. The van der Waals surface area contributed by atoms with Crippen LogP contribution in [0, 0.1) is 11.2 Å². The summed E-state index contributed by atoms with van der Waals surface area (Å²) in [6.45, 7) is 4.24. The minimum Gasteiger partial charge on any atom is -0.362 e. The van der Waals surface area contributed by atoms with Crippen LogP contribution in [-0.2, 0) is 16.6 Å². The van der Waals surface area contributed by atoms with Crippen LogP contribution in [0.1, 0.15) is 44.2 Å². The Kier molecular flexibility index (Phi) is 2.79. The molecular formula is C20H20FN3O. The lowest BCUT2D eigenvalue weighted by Crippen LogP contribution is -2.50. The van der Waals surface area contributed by atoms with Crippen molar-refractivity contribution in [2.75, 3.05) is 0 Å². The van der Waals surface area contributed by atoms with Gasteiger partial charge in [-0.05, 0) is 41.9 Å². The standard InChI is InChI=1S/C20H20FN3O/c1-19(2)8-15-17(16(25)9-19)20(13-10-22-24-18(13)23-15)7-6-11-12(20)4-3-5-14(11)21/h3-5,10,18,23H,6-9H2,1-2H3/t18?,20-/m0/s1. The van der Waals surface area contributed by atoms with Crippen LogP contribution in [0.15, 0.2) is 51.5 Å². The molecule has 0 fully saturated rings. The maximum absolute atomic E-state index is 14.4. The second kappa shape index (κ2) is 4.65. The highest BCUT2D eigenvalue weighted by molar-refractivity contribution is 6.01. The number of hydrogen-bond donors (Lipinski definition) is 1. The van der Waals surface area contributed by atoms with E-state index >= 15 is 0 Å². The molecule has 0 amide bonds. The number of rotatable bonds is 0. The maximum Gasteiger partial charge on any atom is 0.164 e. The highest BCUT2D eigenvalue weighted by atomic mass is 19.1. The van der Waals surface area contributed by atoms with Crippen LogP contribution in [0.25, 0.3) is 0 Å². The van der Waals surface area contributed by atoms with Crippen LogP contribution < -0.4 is 5.32 Å². The van der Waals surface area contributed by atoms with E-state index in [9.17, 15) is 9.18 Å². The number of fused-ring (bicyclic) bond motifs is 5. The van der Waals surface area contributed by atoms with E-state index in [0.717, 1.165) is 34.4 Å². The average molecular weight is 337 g/mol. The molecule has 5 rings (SSSR count). The summed E-state index contributed by atoms with van der Waals surface area (Å²) in [5.74, 6) is -0.00946. The van der Waals surface area contributed by atoms with E-state index in [1.807, 2.05) is 6.07 Å². The first-order valence-corrected chi connectivity index (χ1v) is 8.84. The molecule has 2 aliphatic carbocycles. The van der Waals surface area contributed by atoms with Gasteiger partial charge in [-0.15, -0.1) is 0 Å². The summed E-state index contributed by atoms with van der Waals surface area (Å²) < 4.78 is 14.4. The van der Waals surface area contributed by atoms with Gasteiger partial charge in [0.25, 0.3) is 0 Å². The van der Waals surface area contributed by atoms with E-state index in [0.29, 0.717) is 19.3 Å². The number of halogens is 1. The number of allylic oxidation sites excluding steroid dienone is 2. The highest BCUT2D eigenvalue weighted by Crippen LogP contribution is 2.57. The summed E-state index contributed by atoms with van der Waals surface area (Å²) in [5.41, 5.74) is 3.80. The zero-order valence-electron chi connectivity index (χ0n) is 14.4. The van der Waals surface area contributed by atoms with Gasteiger partial charge in [0.1, 0.15) is 5.82 Å². The fourth-order valence-corrected chi connectivity index (χ4v) is 5.21.